The maximum Gasteiger partial charge on any atom is 0.305 e. The fraction of sp³-hybridized carbons (Fsp3) is 0.333. The lowest BCUT2D eigenvalue weighted by atomic mass is 10.1. The van der Waals surface area contributed by atoms with Crippen molar-refractivity contribution in [3.05, 3.63) is 60.0 Å². The Bertz CT molecular complexity index is 1510. The van der Waals surface area contributed by atoms with Crippen LogP contribution in [0.4, 0.5) is 10.1 Å². The fourth-order valence-corrected chi connectivity index (χ4v) is 3.84. The van der Waals surface area contributed by atoms with E-state index in [4.69, 9.17) is 30.3 Å². The Balaban J connectivity index is 1.49. The molecule has 0 unspecified atom stereocenters. The van der Waals surface area contributed by atoms with Gasteiger partial charge in [0.05, 0.1) is 75.0 Å². The predicted octanol–water partition coefficient (Wildman–Crippen LogP) is 2.77. The number of aliphatic imine (C=N–C) groups is 1. The van der Waals surface area contributed by atoms with Crippen LogP contribution in [-0.2, 0) is 23.9 Å². The van der Waals surface area contributed by atoms with Gasteiger partial charge in [0.25, 0.3) is 0 Å². The first-order valence-electron chi connectivity index (χ1n) is 13.9. The molecule has 0 saturated heterocycles. The number of aromatic nitrogens is 1. The highest BCUT2D eigenvalue weighted by Gasteiger charge is 2.14. The number of carbonyl (C=O) groups is 3. The summed E-state index contributed by atoms with van der Waals surface area (Å²) >= 11 is 0. The van der Waals surface area contributed by atoms with Crippen molar-refractivity contribution in [1.82, 2.24) is 10.3 Å². The van der Waals surface area contributed by atoms with Crippen molar-refractivity contribution < 1.29 is 48.3 Å². The second-order valence-electron chi connectivity index (χ2n) is 9.61. The van der Waals surface area contributed by atoms with E-state index in [1.54, 1.807) is 30.3 Å². The van der Waals surface area contributed by atoms with Crippen LogP contribution in [0.25, 0.3) is 10.9 Å². The van der Waals surface area contributed by atoms with E-state index in [-0.39, 0.29) is 69.6 Å². The van der Waals surface area contributed by atoms with Gasteiger partial charge in [-0.2, -0.15) is 5.10 Å². The number of carbonyl (C=O) groups excluding carboxylic acids is 1. The van der Waals surface area contributed by atoms with Crippen molar-refractivity contribution >= 4 is 46.4 Å². The molecule has 0 spiro atoms. The molecule has 0 aliphatic carbocycles. The Morgan fingerprint density at radius 1 is 0.956 bits per heavy atom. The summed E-state index contributed by atoms with van der Waals surface area (Å²) in [5, 5.41) is 34.0. The van der Waals surface area contributed by atoms with Crippen LogP contribution in [0, 0.1) is 5.82 Å². The lowest BCUT2D eigenvalue weighted by Gasteiger charge is -2.19. The second-order valence-corrected chi connectivity index (χ2v) is 9.61. The van der Waals surface area contributed by atoms with Gasteiger partial charge in [-0.25, -0.2) is 9.37 Å². The molecule has 6 N–H and O–H groups in total. The fourth-order valence-electron chi connectivity index (χ4n) is 3.84. The number of phenolic OH excluding ortho intramolecular Hbond substituents is 1. The summed E-state index contributed by atoms with van der Waals surface area (Å²) in [6, 6.07) is 11.9. The highest BCUT2D eigenvalue weighted by Crippen LogP contribution is 2.22. The van der Waals surface area contributed by atoms with Crippen molar-refractivity contribution in [3.8, 4) is 11.5 Å². The standard InChI is InChI=1S/C30H34FN5O9/c31-23-15-20(4-8-27(23)37)33-16-26(36-32)25-6-3-19-14-22(5-7-24(19)35-25)45-11-1-2-28(38)34-21(17-43-12-9-29(39)40)18-44-13-10-30(41)42/h3-8,14-16,21,37H,1-2,9-13,17-18,32H2,(H,34,38)(H,39,40)(H,41,42). The molecule has 3 rings (SSSR count). The van der Waals surface area contributed by atoms with Crippen LogP contribution in [0.5, 0.6) is 11.5 Å². The van der Waals surface area contributed by atoms with E-state index < -0.39 is 29.5 Å². The van der Waals surface area contributed by atoms with E-state index in [0.717, 1.165) is 11.5 Å². The molecule has 0 radical (unpaired) electrons. The average Bonchev–Trinajstić information content (AvgIpc) is 3.01. The van der Waals surface area contributed by atoms with Crippen molar-refractivity contribution in [2.75, 3.05) is 33.0 Å². The molecule has 0 aliphatic heterocycles. The van der Waals surface area contributed by atoms with Gasteiger partial charge < -0.3 is 40.7 Å². The number of carboxylic acids is 2. The van der Waals surface area contributed by atoms with Crippen molar-refractivity contribution in [2.24, 2.45) is 15.9 Å². The summed E-state index contributed by atoms with van der Waals surface area (Å²) in [5.41, 5.74) is 1.58. The van der Waals surface area contributed by atoms with Crippen LogP contribution in [-0.4, -0.2) is 89.2 Å². The number of rotatable bonds is 19. The molecule has 1 heterocycles. The van der Waals surface area contributed by atoms with Gasteiger partial charge in [0, 0.05) is 17.9 Å². The highest BCUT2D eigenvalue weighted by molar-refractivity contribution is 6.38. The number of fused-ring (bicyclic) bond motifs is 1. The molecule has 0 aliphatic rings. The normalized spacial score (nSPS) is 11.7. The number of aliphatic carboxylic acids is 2. The molecule has 15 heteroatoms. The van der Waals surface area contributed by atoms with Crippen LogP contribution in [0.15, 0.2) is 58.6 Å². The van der Waals surface area contributed by atoms with E-state index in [0.29, 0.717) is 23.4 Å². The van der Waals surface area contributed by atoms with Gasteiger partial charge >= 0.3 is 11.9 Å². The molecule has 0 saturated carbocycles. The lowest BCUT2D eigenvalue weighted by Crippen LogP contribution is -2.42. The molecule has 240 valence electrons. The number of halogens is 1. The Kier molecular flexibility index (Phi) is 13.6. The van der Waals surface area contributed by atoms with E-state index in [1.807, 2.05) is 0 Å². The SMILES string of the molecule is NN=C(C=Nc1ccc(O)c(F)c1)c1ccc2cc(OCCCC(=O)NC(COCCC(=O)O)COCCC(=O)O)ccc2n1. The number of hydrazone groups is 1. The first kappa shape index (κ1) is 34.3. The molecule has 2 aromatic carbocycles. The summed E-state index contributed by atoms with van der Waals surface area (Å²) in [7, 11) is 0. The van der Waals surface area contributed by atoms with E-state index >= 15 is 0 Å². The number of amides is 1. The molecule has 1 aromatic heterocycles. The molecule has 0 bridgehead atoms. The largest absolute Gasteiger partial charge is 0.505 e. The van der Waals surface area contributed by atoms with Crippen molar-refractivity contribution in [2.45, 2.75) is 31.7 Å². The summed E-state index contributed by atoms with van der Waals surface area (Å²) in [4.78, 5) is 42.5. The minimum absolute atomic E-state index is 0.0132. The van der Waals surface area contributed by atoms with Crippen LogP contribution in [0.2, 0.25) is 0 Å². The highest BCUT2D eigenvalue weighted by atomic mass is 19.1. The second kappa shape index (κ2) is 17.8. The molecule has 0 fully saturated rings. The third-order valence-corrected chi connectivity index (χ3v) is 6.07. The predicted molar refractivity (Wildman–Crippen MR) is 161 cm³/mol. The van der Waals surface area contributed by atoms with E-state index in [2.05, 4.69) is 20.4 Å². The zero-order valence-corrected chi connectivity index (χ0v) is 24.2. The van der Waals surface area contributed by atoms with Gasteiger partial charge in [0.1, 0.15) is 11.5 Å². The number of nitrogens with two attached hydrogens (primary N) is 1. The first-order chi connectivity index (χ1) is 21.6. The molecule has 3 aromatic rings. The molecular formula is C30H34FN5O9. The number of benzene rings is 2. The maximum absolute atomic E-state index is 13.6. The minimum atomic E-state index is -1.01. The number of aromatic hydroxyl groups is 1. The lowest BCUT2D eigenvalue weighted by molar-refractivity contribution is -0.139. The van der Waals surface area contributed by atoms with Gasteiger partial charge in [-0.05, 0) is 42.8 Å². The zero-order valence-electron chi connectivity index (χ0n) is 24.2. The zero-order chi connectivity index (χ0) is 32.6. The number of nitrogens with zero attached hydrogens (tertiary/aromatic N) is 3. The monoisotopic (exact) mass is 627 g/mol. The number of carboxylic acid groups (broad SMARTS) is 2. The summed E-state index contributed by atoms with van der Waals surface area (Å²) < 4.78 is 30.0. The van der Waals surface area contributed by atoms with Crippen LogP contribution in [0.3, 0.4) is 0 Å². The third-order valence-electron chi connectivity index (χ3n) is 6.07. The number of phenols is 1. The minimum Gasteiger partial charge on any atom is -0.505 e. The topological polar surface area (TPSA) is 215 Å². The third kappa shape index (κ3) is 12.2. The molecule has 14 nitrogen and oxygen atoms in total. The van der Waals surface area contributed by atoms with E-state index in [1.165, 1.54) is 18.3 Å². The molecule has 1 amide bonds. The van der Waals surface area contributed by atoms with Crippen LogP contribution < -0.4 is 15.9 Å². The Morgan fingerprint density at radius 2 is 1.67 bits per heavy atom. The summed E-state index contributed by atoms with van der Waals surface area (Å²) in [6.07, 6.45) is 1.50. The number of hydrogen-bond donors (Lipinski definition) is 5. The van der Waals surface area contributed by atoms with Gasteiger partial charge in [0.2, 0.25) is 5.91 Å². The number of nitrogens with one attached hydrogen (secondary N) is 1. The Hall–Kier alpha value is -5.15. The Labute approximate surface area is 257 Å². The van der Waals surface area contributed by atoms with Gasteiger partial charge in [-0.3, -0.25) is 19.4 Å². The molecular weight excluding hydrogens is 593 g/mol. The van der Waals surface area contributed by atoms with Crippen LogP contribution in [0.1, 0.15) is 31.4 Å². The van der Waals surface area contributed by atoms with Gasteiger partial charge in [-0.1, -0.05) is 6.07 Å². The summed E-state index contributed by atoms with van der Waals surface area (Å²) in [6.45, 7) is 0.204. The van der Waals surface area contributed by atoms with Gasteiger partial charge in [0.15, 0.2) is 11.6 Å². The number of hydrogen-bond acceptors (Lipinski definition) is 11. The number of ether oxygens (including phenoxy) is 3. The van der Waals surface area contributed by atoms with Gasteiger partial charge in [-0.15, -0.1) is 0 Å². The smallest absolute Gasteiger partial charge is 0.305 e. The quantitative estimate of drug-likeness (QED) is 0.0564. The summed E-state index contributed by atoms with van der Waals surface area (Å²) in [5.74, 6) is 2.50. The van der Waals surface area contributed by atoms with Crippen molar-refractivity contribution in [3.63, 3.8) is 0 Å². The molecule has 0 atom stereocenters. The maximum atomic E-state index is 13.6. The Morgan fingerprint density at radius 3 is 2.31 bits per heavy atom. The average molecular weight is 628 g/mol. The van der Waals surface area contributed by atoms with Crippen molar-refractivity contribution in [1.29, 1.82) is 0 Å². The van der Waals surface area contributed by atoms with Crippen LogP contribution >= 0.6 is 0 Å². The number of pyridine rings is 1. The van der Waals surface area contributed by atoms with E-state index in [9.17, 15) is 23.9 Å². The molecule has 45 heavy (non-hydrogen) atoms. The first-order valence-corrected chi connectivity index (χ1v) is 13.9.